The van der Waals surface area contributed by atoms with Crippen molar-refractivity contribution in [2.75, 3.05) is 7.11 Å². The van der Waals surface area contributed by atoms with Crippen LogP contribution in [0.4, 0.5) is 0 Å². The van der Waals surface area contributed by atoms with E-state index in [4.69, 9.17) is 4.74 Å². The summed E-state index contributed by atoms with van der Waals surface area (Å²) < 4.78 is 10.3. The number of thiazole rings is 1. The molecule has 0 aliphatic heterocycles. The second-order valence-electron chi connectivity index (χ2n) is 4.05. The lowest BCUT2D eigenvalue weighted by Crippen LogP contribution is -2.01. The molecule has 0 radical (unpaired) electrons. The standard InChI is InChI=1S/C14H15NO3S/c1-9-10(2)19-13(15-9)8-18-12-6-4-11(5-7-12)14(16)17-3/h4-7H,8H2,1-3H3. The molecule has 1 heterocycles. The van der Waals surface area contributed by atoms with E-state index >= 15 is 0 Å². The Morgan fingerprint density at radius 2 is 1.95 bits per heavy atom. The van der Waals surface area contributed by atoms with Gasteiger partial charge in [-0.05, 0) is 38.1 Å². The summed E-state index contributed by atoms with van der Waals surface area (Å²) in [5, 5.41) is 0.951. The van der Waals surface area contributed by atoms with Gasteiger partial charge in [-0.2, -0.15) is 0 Å². The summed E-state index contributed by atoms with van der Waals surface area (Å²) >= 11 is 1.64. The summed E-state index contributed by atoms with van der Waals surface area (Å²) in [5.41, 5.74) is 1.56. The van der Waals surface area contributed by atoms with Crippen molar-refractivity contribution in [1.29, 1.82) is 0 Å². The van der Waals surface area contributed by atoms with E-state index in [9.17, 15) is 4.79 Å². The van der Waals surface area contributed by atoms with Gasteiger partial charge < -0.3 is 9.47 Å². The number of ether oxygens (including phenoxy) is 2. The molecule has 0 fully saturated rings. The van der Waals surface area contributed by atoms with E-state index in [-0.39, 0.29) is 5.97 Å². The highest BCUT2D eigenvalue weighted by atomic mass is 32.1. The fraction of sp³-hybridized carbons (Fsp3) is 0.286. The van der Waals surface area contributed by atoms with Crippen LogP contribution in [0.3, 0.4) is 0 Å². The number of carbonyl (C=O) groups excluding carboxylic acids is 1. The van der Waals surface area contributed by atoms with Gasteiger partial charge in [0.1, 0.15) is 17.4 Å². The third kappa shape index (κ3) is 3.32. The van der Waals surface area contributed by atoms with Crippen LogP contribution in [-0.4, -0.2) is 18.1 Å². The summed E-state index contributed by atoms with van der Waals surface area (Å²) in [5.74, 6) is 0.357. The lowest BCUT2D eigenvalue weighted by atomic mass is 10.2. The minimum Gasteiger partial charge on any atom is -0.486 e. The molecule has 19 heavy (non-hydrogen) atoms. The van der Waals surface area contributed by atoms with Crippen molar-refractivity contribution in [2.45, 2.75) is 20.5 Å². The quantitative estimate of drug-likeness (QED) is 0.806. The van der Waals surface area contributed by atoms with Crippen LogP contribution in [-0.2, 0) is 11.3 Å². The third-order valence-electron chi connectivity index (χ3n) is 2.71. The van der Waals surface area contributed by atoms with E-state index in [0.29, 0.717) is 17.9 Å². The van der Waals surface area contributed by atoms with Gasteiger partial charge in [-0.3, -0.25) is 0 Å². The van der Waals surface area contributed by atoms with Crippen LogP contribution in [0.15, 0.2) is 24.3 Å². The molecule has 0 spiro atoms. The first kappa shape index (κ1) is 13.5. The highest BCUT2D eigenvalue weighted by Crippen LogP contribution is 2.19. The highest BCUT2D eigenvalue weighted by molar-refractivity contribution is 7.11. The van der Waals surface area contributed by atoms with Crippen molar-refractivity contribution in [1.82, 2.24) is 4.98 Å². The number of rotatable bonds is 4. The number of hydrogen-bond donors (Lipinski definition) is 0. The molecule has 0 unspecified atom stereocenters. The topological polar surface area (TPSA) is 48.4 Å². The number of carbonyl (C=O) groups is 1. The summed E-state index contributed by atoms with van der Waals surface area (Å²) in [4.78, 5) is 16.9. The van der Waals surface area contributed by atoms with Crippen LogP contribution in [0.2, 0.25) is 0 Å². The fourth-order valence-electron chi connectivity index (χ4n) is 1.55. The third-order valence-corrected chi connectivity index (χ3v) is 3.76. The smallest absolute Gasteiger partial charge is 0.337 e. The number of aryl methyl sites for hydroxylation is 2. The molecule has 0 saturated heterocycles. The first-order chi connectivity index (χ1) is 9.10. The summed E-state index contributed by atoms with van der Waals surface area (Å²) in [6.45, 7) is 4.47. The molecule has 0 aliphatic rings. The van der Waals surface area contributed by atoms with Gasteiger partial charge in [0.15, 0.2) is 0 Å². The van der Waals surface area contributed by atoms with Crippen molar-refractivity contribution in [3.63, 3.8) is 0 Å². The van der Waals surface area contributed by atoms with Gasteiger partial charge in [-0.1, -0.05) is 0 Å². The van der Waals surface area contributed by atoms with E-state index in [1.165, 1.54) is 12.0 Å². The predicted molar refractivity (Wildman–Crippen MR) is 73.7 cm³/mol. The van der Waals surface area contributed by atoms with Gasteiger partial charge >= 0.3 is 5.97 Å². The molecule has 0 bridgehead atoms. The molecule has 0 saturated carbocycles. The lowest BCUT2D eigenvalue weighted by Gasteiger charge is -2.04. The molecular weight excluding hydrogens is 262 g/mol. The molecule has 4 nitrogen and oxygen atoms in total. The maximum atomic E-state index is 11.3. The number of hydrogen-bond acceptors (Lipinski definition) is 5. The number of esters is 1. The largest absolute Gasteiger partial charge is 0.486 e. The van der Waals surface area contributed by atoms with Gasteiger partial charge in [-0.15, -0.1) is 11.3 Å². The van der Waals surface area contributed by atoms with Crippen molar-refractivity contribution in [3.8, 4) is 5.75 Å². The van der Waals surface area contributed by atoms with E-state index in [1.807, 2.05) is 13.8 Å². The number of aromatic nitrogens is 1. The summed E-state index contributed by atoms with van der Waals surface area (Å²) in [6, 6.07) is 6.86. The second-order valence-corrected chi connectivity index (χ2v) is 5.34. The Morgan fingerprint density at radius 1 is 1.26 bits per heavy atom. The van der Waals surface area contributed by atoms with Gasteiger partial charge in [0.25, 0.3) is 0 Å². The Bertz CT molecular complexity index is 555. The monoisotopic (exact) mass is 277 g/mol. The van der Waals surface area contributed by atoms with E-state index < -0.39 is 0 Å². The molecule has 0 amide bonds. The first-order valence-corrected chi connectivity index (χ1v) is 6.66. The SMILES string of the molecule is COC(=O)c1ccc(OCc2nc(C)c(C)s2)cc1. The zero-order valence-corrected chi connectivity index (χ0v) is 11.9. The maximum absolute atomic E-state index is 11.3. The molecule has 0 atom stereocenters. The van der Waals surface area contributed by atoms with E-state index in [2.05, 4.69) is 9.72 Å². The Kier molecular flexibility index (Phi) is 4.16. The minimum absolute atomic E-state index is 0.349. The molecule has 2 rings (SSSR count). The van der Waals surface area contributed by atoms with Crippen LogP contribution >= 0.6 is 11.3 Å². The van der Waals surface area contributed by atoms with E-state index in [1.54, 1.807) is 35.6 Å². The molecule has 1 aromatic carbocycles. The zero-order valence-electron chi connectivity index (χ0n) is 11.1. The summed E-state index contributed by atoms with van der Waals surface area (Å²) in [6.07, 6.45) is 0. The van der Waals surface area contributed by atoms with Crippen molar-refractivity contribution >= 4 is 17.3 Å². The van der Waals surface area contributed by atoms with Gasteiger partial charge in [0, 0.05) is 4.88 Å². The van der Waals surface area contributed by atoms with Crippen molar-refractivity contribution in [3.05, 3.63) is 45.4 Å². The second kappa shape index (κ2) is 5.84. The molecule has 5 heteroatoms. The zero-order chi connectivity index (χ0) is 13.8. The molecule has 2 aromatic rings. The predicted octanol–water partition coefficient (Wildman–Crippen LogP) is 3.13. The maximum Gasteiger partial charge on any atom is 0.337 e. The Labute approximate surface area is 116 Å². The number of methoxy groups -OCH3 is 1. The Hall–Kier alpha value is -1.88. The highest BCUT2D eigenvalue weighted by Gasteiger charge is 2.06. The van der Waals surface area contributed by atoms with Gasteiger partial charge in [0.2, 0.25) is 0 Å². The summed E-state index contributed by atoms with van der Waals surface area (Å²) in [7, 11) is 1.36. The number of benzene rings is 1. The average Bonchev–Trinajstić information content (AvgIpc) is 2.75. The molecule has 0 aliphatic carbocycles. The number of nitrogens with zero attached hydrogens (tertiary/aromatic N) is 1. The molecule has 1 aromatic heterocycles. The van der Waals surface area contributed by atoms with Crippen LogP contribution in [0.5, 0.6) is 5.75 Å². The Balaban J connectivity index is 1.98. The molecule has 100 valence electrons. The van der Waals surface area contributed by atoms with Crippen LogP contribution in [0, 0.1) is 13.8 Å². The van der Waals surface area contributed by atoms with Crippen LogP contribution in [0.25, 0.3) is 0 Å². The van der Waals surface area contributed by atoms with Gasteiger partial charge in [0.05, 0.1) is 18.4 Å². The first-order valence-electron chi connectivity index (χ1n) is 5.84. The van der Waals surface area contributed by atoms with Gasteiger partial charge in [-0.25, -0.2) is 9.78 Å². The van der Waals surface area contributed by atoms with E-state index in [0.717, 1.165) is 10.7 Å². The van der Waals surface area contributed by atoms with Crippen molar-refractivity contribution < 1.29 is 14.3 Å². The molecule has 0 N–H and O–H groups in total. The minimum atomic E-state index is -0.349. The Morgan fingerprint density at radius 3 is 2.47 bits per heavy atom. The van der Waals surface area contributed by atoms with Crippen molar-refractivity contribution in [2.24, 2.45) is 0 Å². The lowest BCUT2D eigenvalue weighted by molar-refractivity contribution is 0.0600. The normalized spacial score (nSPS) is 10.3. The fourth-order valence-corrected chi connectivity index (χ4v) is 2.40. The van der Waals surface area contributed by atoms with Crippen LogP contribution < -0.4 is 4.74 Å². The van der Waals surface area contributed by atoms with Crippen LogP contribution in [0.1, 0.15) is 25.9 Å². The average molecular weight is 277 g/mol. The molecular formula is C14H15NO3S.